The molecule has 5 nitrogen and oxygen atoms in total. The minimum absolute atomic E-state index is 0.0595. The highest BCUT2D eigenvalue weighted by Crippen LogP contribution is 2.25. The smallest absolute Gasteiger partial charge is 0.338 e. The number of nitrogens with one attached hydrogen (secondary N) is 1. The van der Waals surface area contributed by atoms with Crippen molar-refractivity contribution in [2.45, 2.75) is 52.6 Å². The Morgan fingerprint density at radius 1 is 1.04 bits per heavy atom. The summed E-state index contributed by atoms with van der Waals surface area (Å²) in [6.45, 7) is 10.4. The molecule has 0 saturated heterocycles. The molecule has 0 aliphatic carbocycles. The zero-order chi connectivity index (χ0) is 20.7. The molecule has 5 heteroatoms. The van der Waals surface area contributed by atoms with Crippen molar-refractivity contribution in [1.82, 2.24) is 0 Å². The molecular formula is C23H29NO4. The lowest BCUT2D eigenvalue weighted by molar-refractivity contribution is -0.122. The SMILES string of the molecule is CCOC(=O)c1cccc(NC(=O)[C@@H](CC)Oc2ccc(C(C)(C)C)cc2)c1. The molecule has 0 aliphatic heterocycles. The van der Waals surface area contributed by atoms with E-state index in [0.717, 1.165) is 0 Å². The van der Waals surface area contributed by atoms with E-state index in [0.29, 0.717) is 30.0 Å². The normalized spacial score (nSPS) is 12.2. The van der Waals surface area contributed by atoms with E-state index in [9.17, 15) is 9.59 Å². The molecule has 2 rings (SSSR count). The summed E-state index contributed by atoms with van der Waals surface area (Å²) in [6.07, 6.45) is -0.114. The Labute approximate surface area is 167 Å². The molecule has 1 amide bonds. The predicted molar refractivity (Wildman–Crippen MR) is 111 cm³/mol. The first-order valence-electron chi connectivity index (χ1n) is 9.59. The molecular weight excluding hydrogens is 354 g/mol. The molecule has 28 heavy (non-hydrogen) atoms. The van der Waals surface area contributed by atoms with Crippen LogP contribution in [0.15, 0.2) is 48.5 Å². The Balaban J connectivity index is 2.05. The molecule has 2 aromatic carbocycles. The van der Waals surface area contributed by atoms with Gasteiger partial charge in [-0.2, -0.15) is 0 Å². The maximum Gasteiger partial charge on any atom is 0.338 e. The molecule has 0 bridgehead atoms. The van der Waals surface area contributed by atoms with Gasteiger partial charge in [0.25, 0.3) is 5.91 Å². The maximum absolute atomic E-state index is 12.6. The molecule has 0 saturated carbocycles. The van der Waals surface area contributed by atoms with Gasteiger partial charge < -0.3 is 14.8 Å². The third-order valence-corrected chi connectivity index (χ3v) is 4.30. The number of carbonyl (C=O) groups excluding carboxylic acids is 2. The second-order valence-corrected chi connectivity index (χ2v) is 7.58. The van der Waals surface area contributed by atoms with E-state index >= 15 is 0 Å². The van der Waals surface area contributed by atoms with Gasteiger partial charge in [0.2, 0.25) is 0 Å². The lowest BCUT2D eigenvalue weighted by Gasteiger charge is -2.21. The summed E-state index contributed by atoms with van der Waals surface area (Å²) < 4.78 is 10.9. The van der Waals surface area contributed by atoms with Gasteiger partial charge in [0.1, 0.15) is 5.75 Å². The number of anilines is 1. The molecule has 1 atom stereocenters. The first kappa shape index (κ1) is 21.5. The lowest BCUT2D eigenvalue weighted by Crippen LogP contribution is -2.32. The highest BCUT2D eigenvalue weighted by Gasteiger charge is 2.20. The number of hydrogen-bond donors (Lipinski definition) is 1. The predicted octanol–water partition coefficient (Wildman–Crippen LogP) is 4.96. The third kappa shape index (κ3) is 5.84. The third-order valence-electron chi connectivity index (χ3n) is 4.30. The topological polar surface area (TPSA) is 64.6 Å². The van der Waals surface area contributed by atoms with Crippen LogP contribution in [0.3, 0.4) is 0 Å². The molecule has 150 valence electrons. The first-order valence-corrected chi connectivity index (χ1v) is 9.59. The minimum atomic E-state index is -0.633. The van der Waals surface area contributed by atoms with Crippen molar-refractivity contribution < 1.29 is 19.1 Å². The van der Waals surface area contributed by atoms with E-state index in [-0.39, 0.29) is 11.3 Å². The second kappa shape index (κ2) is 9.40. The monoisotopic (exact) mass is 383 g/mol. The van der Waals surface area contributed by atoms with Gasteiger partial charge in [0.15, 0.2) is 6.10 Å². The van der Waals surface area contributed by atoms with E-state index in [1.807, 2.05) is 31.2 Å². The summed E-state index contributed by atoms with van der Waals surface area (Å²) in [5, 5.41) is 2.81. The van der Waals surface area contributed by atoms with Gasteiger partial charge in [-0.1, -0.05) is 45.9 Å². The van der Waals surface area contributed by atoms with Gasteiger partial charge in [0.05, 0.1) is 12.2 Å². The number of carbonyl (C=O) groups is 2. The Kier molecular flexibility index (Phi) is 7.21. The molecule has 1 N–H and O–H groups in total. The quantitative estimate of drug-likeness (QED) is 0.687. The van der Waals surface area contributed by atoms with Crippen LogP contribution in [0.2, 0.25) is 0 Å². The summed E-state index contributed by atoms with van der Waals surface area (Å²) >= 11 is 0. The molecule has 0 unspecified atom stereocenters. The van der Waals surface area contributed by atoms with E-state index in [2.05, 4.69) is 26.1 Å². The van der Waals surface area contributed by atoms with Crippen LogP contribution in [0.5, 0.6) is 5.75 Å². The van der Waals surface area contributed by atoms with Crippen LogP contribution in [0.1, 0.15) is 57.0 Å². The van der Waals surface area contributed by atoms with Gasteiger partial charge in [-0.3, -0.25) is 4.79 Å². The zero-order valence-corrected chi connectivity index (χ0v) is 17.2. The van der Waals surface area contributed by atoms with E-state index < -0.39 is 12.1 Å². The van der Waals surface area contributed by atoms with Crippen LogP contribution >= 0.6 is 0 Å². The molecule has 0 aromatic heterocycles. The molecule has 0 fully saturated rings. The molecule has 0 aliphatic rings. The van der Waals surface area contributed by atoms with Crippen molar-refractivity contribution in [3.8, 4) is 5.75 Å². The molecule has 0 spiro atoms. The van der Waals surface area contributed by atoms with Crippen molar-refractivity contribution in [2.24, 2.45) is 0 Å². The number of esters is 1. The summed E-state index contributed by atoms with van der Waals surface area (Å²) in [5.41, 5.74) is 2.18. The van der Waals surface area contributed by atoms with Gasteiger partial charge in [-0.25, -0.2) is 4.79 Å². The van der Waals surface area contributed by atoms with E-state index in [1.165, 1.54) is 5.56 Å². The Hall–Kier alpha value is -2.82. The van der Waals surface area contributed by atoms with Crippen LogP contribution in [0.4, 0.5) is 5.69 Å². The first-order chi connectivity index (χ1) is 13.2. The van der Waals surface area contributed by atoms with Crippen molar-refractivity contribution >= 4 is 17.6 Å². The van der Waals surface area contributed by atoms with Crippen molar-refractivity contribution in [3.05, 3.63) is 59.7 Å². The Morgan fingerprint density at radius 3 is 2.29 bits per heavy atom. The van der Waals surface area contributed by atoms with Gasteiger partial charge >= 0.3 is 5.97 Å². The highest BCUT2D eigenvalue weighted by molar-refractivity contribution is 5.96. The molecule has 0 heterocycles. The molecule has 2 aromatic rings. The number of rotatable bonds is 7. The number of ether oxygens (including phenoxy) is 2. The van der Waals surface area contributed by atoms with Gasteiger partial charge in [0, 0.05) is 5.69 Å². The summed E-state index contributed by atoms with van der Waals surface area (Å²) in [4.78, 5) is 24.5. The average molecular weight is 383 g/mol. The summed E-state index contributed by atoms with van der Waals surface area (Å²) in [6, 6.07) is 14.5. The molecule has 0 radical (unpaired) electrons. The standard InChI is InChI=1S/C23H29NO4/c1-6-20(28-19-13-11-17(12-14-19)23(3,4)5)21(25)24-18-10-8-9-16(15-18)22(26)27-7-2/h8-15,20H,6-7H2,1-5H3,(H,24,25)/t20-/m1/s1. The maximum atomic E-state index is 12.6. The van der Waals surface area contributed by atoms with Crippen molar-refractivity contribution in [3.63, 3.8) is 0 Å². The van der Waals surface area contributed by atoms with E-state index in [1.54, 1.807) is 31.2 Å². The highest BCUT2D eigenvalue weighted by atomic mass is 16.5. The lowest BCUT2D eigenvalue weighted by atomic mass is 9.87. The average Bonchev–Trinajstić information content (AvgIpc) is 2.66. The summed E-state index contributed by atoms with van der Waals surface area (Å²) in [5.74, 6) is -0.0282. The summed E-state index contributed by atoms with van der Waals surface area (Å²) in [7, 11) is 0. The Bertz CT molecular complexity index is 806. The van der Waals surface area contributed by atoms with Crippen LogP contribution in [0.25, 0.3) is 0 Å². The van der Waals surface area contributed by atoms with Crippen LogP contribution in [-0.4, -0.2) is 24.6 Å². The van der Waals surface area contributed by atoms with Crippen LogP contribution in [-0.2, 0) is 14.9 Å². The number of benzene rings is 2. The Morgan fingerprint density at radius 2 is 1.71 bits per heavy atom. The second-order valence-electron chi connectivity index (χ2n) is 7.58. The number of hydrogen-bond acceptors (Lipinski definition) is 4. The number of amides is 1. The largest absolute Gasteiger partial charge is 0.481 e. The fourth-order valence-corrected chi connectivity index (χ4v) is 2.68. The fraction of sp³-hybridized carbons (Fsp3) is 0.391. The zero-order valence-electron chi connectivity index (χ0n) is 17.2. The van der Waals surface area contributed by atoms with Crippen LogP contribution in [0, 0.1) is 0 Å². The minimum Gasteiger partial charge on any atom is -0.481 e. The van der Waals surface area contributed by atoms with Crippen LogP contribution < -0.4 is 10.1 Å². The van der Waals surface area contributed by atoms with Crippen molar-refractivity contribution in [2.75, 3.05) is 11.9 Å². The van der Waals surface area contributed by atoms with Crippen molar-refractivity contribution in [1.29, 1.82) is 0 Å². The fourth-order valence-electron chi connectivity index (χ4n) is 2.68. The van der Waals surface area contributed by atoms with Gasteiger partial charge in [-0.15, -0.1) is 0 Å². The van der Waals surface area contributed by atoms with Gasteiger partial charge in [-0.05, 0) is 54.7 Å². The van der Waals surface area contributed by atoms with E-state index in [4.69, 9.17) is 9.47 Å².